The third kappa shape index (κ3) is 1.88. The van der Waals surface area contributed by atoms with Gasteiger partial charge >= 0.3 is 0 Å². The molecule has 0 aliphatic carbocycles. The number of nitrogens with two attached hydrogens (primary N) is 1. The molecule has 0 spiro atoms. The first-order chi connectivity index (χ1) is 6.75. The highest BCUT2D eigenvalue weighted by molar-refractivity contribution is 5.79. The second-order valence-electron chi connectivity index (χ2n) is 3.22. The lowest BCUT2D eigenvalue weighted by atomic mass is 10.1. The number of rotatable bonds is 1. The van der Waals surface area contributed by atoms with Crippen molar-refractivity contribution in [3.8, 4) is 0 Å². The summed E-state index contributed by atoms with van der Waals surface area (Å²) < 4.78 is 5.41. The predicted molar refractivity (Wildman–Crippen MR) is 49.4 cm³/mol. The molecule has 0 radical (unpaired) electrons. The molecule has 1 aromatic heterocycles. The fourth-order valence-corrected chi connectivity index (χ4v) is 1.39. The summed E-state index contributed by atoms with van der Waals surface area (Å²) in [5.74, 6) is 0.579. The van der Waals surface area contributed by atoms with E-state index >= 15 is 0 Å². The van der Waals surface area contributed by atoms with Crippen LogP contribution in [0.4, 0.5) is 5.82 Å². The van der Waals surface area contributed by atoms with E-state index in [-0.39, 0.29) is 11.9 Å². The zero-order valence-electron chi connectivity index (χ0n) is 7.64. The van der Waals surface area contributed by atoms with E-state index in [9.17, 15) is 4.79 Å². The maximum atomic E-state index is 11.2. The van der Waals surface area contributed by atoms with Gasteiger partial charge in [-0.25, -0.2) is 4.98 Å². The first-order valence-corrected chi connectivity index (χ1v) is 4.46. The normalized spacial score (nSPS) is 22.3. The second kappa shape index (κ2) is 3.71. The van der Waals surface area contributed by atoms with E-state index in [4.69, 9.17) is 10.5 Å². The molecule has 0 aromatic carbocycles. The van der Waals surface area contributed by atoms with Crippen molar-refractivity contribution in [3.63, 3.8) is 0 Å². The fraction of sp³-hybridized carbons (Fsp3) is 0.444. The summed E-state index contributed by atoms with van der Waals surface area (Å²) in [6, 6.07) is 0. The fourth-order valence-electron chi connectivity index (χ4n) is 1.39. The molecule has 2 heterocycles. The van der Waals surface area contributed by atoms with Gasteiger partial charge in [-0.1, -0.05) is 0 Å². The van der Waals surface area contributed by atoms with Gasteiger partial charge in [0.2, 0.25) is 0 Å². The minimum absolute atomic E-state index is 0.208. The molecule has 2 N–H and O–H groups in total. The lowest BCUT2D eigenvalue weighted by Crippen LogP contribution is -2.20. The maximum Gasteiger partial charge on any atom is 0.141 e. The zero-order chi connectivity index (χ0) is 9.97. The second-order valence-corrected chi connectivity index (χ2v) is 3.22. The zero-order valence-corrected chi connectivity index (χ0v) is 7.64. The summed E-state index contributed by atoms with van der Waals surface area (Å²) in [5, 5.41) is 0. The quantitative estimate of drug-likeness (QED) is 0.701. The van der Waals surface area contributed by atoms with Crippen molar-refractivity contribution in [2.75, 3.05) is 12.3 Å². The molecule has 0 amide bonds. The molecule has 2 rings (SSSR count). The van der Waals surface area contributed by atoms with Crippen molar-refractivity contribution in [1.29, 1.82) is 0 Å². The Morgan fingerprint density at radius 2 is 2.29 bits per heavy atom. The molecule has 1 saturated heterocycles. The number of carbonyl (C=O) groups excluding carboxylic acids is 1. The molecule has 74 valence electrons. The number of nitrogens with zero attached hydrogens (tertiary/aromatic N) is 2. The van der Waals surface area contributed by atoms with Crippen LogP contribution >= 0.6 is 0 Å². The molecule has 1 unspecified atom stereocenters. The van der Waals surface area contributed by atoms with Gasteiger partial charge in [0, 0.05) is 12.8 Å². The first-order valence-electron chi connectivity index (χ1n) is 4.46. The van der Waals surface area contributed by atoms with Crippen LogP contribution < -0.4 is 5.73 Å². The molecule has 1 atom stereocenters. The number of Topliss-reactive ketones (excluding diaryl/α,β-unsaturated/α-hetero) is 1. The van der Waals surface area contributed by atoms with Gasteiger partial charge in [-0.05, 0) is 0 Å². The molecule has 5 heteroatoms. The number of ether oxygens (including phenoxy) is 1. The number of nitrogen functional groups attached to an aromatic ring is 1. The van der Waals surface area contributed by atoms with Crippen LogP contribution in [-0.2, 0) is 9.53 Å². The molecule has 1 aliphatic heterocycles. The topological polar surface area (TPSA) is 78.1 Å². The van der Waals surface area contributed by atoms with Gasteiger partial charge in [0.05, 0.1) is 24.7 Å². The van der Waals surface area contributed by atoms with Crippen LogP contribution in [0.15, 0.2) is 12.4 Å². The summed E-state index contributed by atoms with van der Waals surface area (Å²) >= 11 is 0. The third-order valence-corrected chi connectivity index (χ3v) is 2.13. The van der Waals surface area contributed by atoms with E-state index in [0.717, 1.165) is 0 Å². The summed E-state index contributed by atoms with van der Waals surface area (Å²) in [7, 11) is 0. The van der Waals surface area contributed by atoms with E-state index < -0.39 is 0 Å². The van der Waals surface area contributed by atoms with Crippen molar-refractivity contribution >= 4 is 11.6 Å². The maximum absolute atomic E-state index is 11.2. The SMILES string of the molecule is Nc1cnc(C2CC(=O)CCO2)cn1. The average molecular weight is 193 g/mol. The molecule has 1 fully saturated rings. The molecule has 14 heavy (non-hydrogen) atoms. The summed E-state index contributed by atoms with van der Waals surface area (Å²) in [5.41, 5.74) is 6.08. The van der Waals surface area contributed by atoms with Crippen LogP contribution in [0, 0.1) is 0 Å². The number of anilines is 1. The number of hydrogen-bond donors (Lipinski definition) is 1. The van der Waals surface area contributed by atoms with E-state index in [1.54, 1.807) is 6.20 Å². The van der Waals surface area contributed by atoms with Gasteiger partial charge in [0.1, 0.15) is 17.7 Å². The van der Waals surface area contributed by atoms with Crippen molar-refractivity contribution in [2.24, 2.45) is 0 Å². The molecular weight excluding hydrogens is 182 g/mol. The Balaban J connectivity index is 2.14. The van der Waals surface area contributed by atoms with Gasteiger partial charge in [-0.3, -0.25) is 9.78 Å². The minimum atomic E-state index is -0.246. The minimum Gasteiger partial charge on any atom is -0.382 e. The van der Waals surface area contributed by atoms with E-state index in [2.05, 4.69) is 9.97 Å². The van der Waals surface area contributed by atoms with Crippen LogP contribution in [0.2, 0.25) is 0 Å². The molecular formula is C9H11N3O2. The standard InChI is InChI=1S/C9H11N3O2/c10-9-5-11-7(4-12-9)8-3-6(13)1-2-14-8/h4-5,8H,1-3H2,(H2,10,12). The van der Waals surface area contributed by atoms with E-state index in [0.29, 0.717) is 31.0 Å². The molecule has 1 aromatic rings. The summed E-state index contributed by atoms with van der Waals surface area (Å²) in [4.78, 5) is 19.1. The lowest BCUT2D eigenvalue weighted by Gasteiger charge is -2.20. The van der Waals surface area contributed by atoms with Crippen LogP contribution in [0.5, 0.6) is 0 Å². The average Bonchev–Trinajstić information content (AvgIpc) is 2.19. The van der Waals surface area contributed by atoms with Crippen LogP contribution in [0.25, 0.3) is 0 Å². The largest absolute Gasteiger partial charge is 0.382 e. The Labute approximate surface area is 81.3 Å². The Bertz CT molecular complexity index is 336. The summed E-state index contributed by atoms with van der Waals surface area (Å²) in [6.45, 7) is 0.468. The monoisotopic (exact) mass is 193 g/mol. The molecule has 5 nitrogen and oxygen atoms in total. The van der Waals surface area contributed by atoms with Crippen molar-refractivity contribution < 1.29 is 9.53 Å². The van der Waals surface area contributed by atoms with Crippen LogP contribution in [0.3, 0.4) is 0 Å². The van der Waals surface area contributed by atoms with E-state index in [1.165, 1.54) is 6.20 Å². The summed E-state index contributed by atoms with van der Waals surface area (Å²) in [6.07, 6.45) is 3.66. The van der Waals surface area contributed by atoms with Crippen LogP contribution in [0.1, 0.15) is 24.6 Å². The Kier molecular flexibility index (Phi) is 2.41. The van der Waals surface area contributed by atoms with Crippen molar-refractivity contribution in [1.82, 2.24) is 9.97 Å². The van der Waals surface area contributed by atoms with Crippen LogP contribution in [-0.4, -0.2) is 22.4 Å². The Morgan fingerprint density at radius 1 is 1.43 bits per heavy atom. The van der Waals surface area contributed by atoms with Gasteiger partial charge in [-0.2, -0.15) is 0 Å². The Hall–Kier alpha value is -1.49. The lowest BCUT2D eigenvalue weighted by molar-refractivity contribution is -0.128. The first kappa shape index (κ1) is 9.08. The Morgan fingerprint density at radius 3 is 2.93 bits per heavy atom. The number of aromatic nitrogens is 2. The smallest absolute Gasteiger partial charge is 0.141 e. The van der Waals surface area contributed by atoms with Gasteiger partial charge in [0.15, 0.2) is 0 Å². The van der Waals surface area contributed by atoms with Crippen molar-refractivity contribution in [2.45, 2.75) is 18.9 Å². The number of ketones is 1. The van der Waals surface area contributed by atoms with E-state index in [1.807, 2.05) is 0 Å². The molecule has 1 aliphatic rings. The van der Waals surface area contributed by atoms with Gasteiger partial charge < -0.3 is 10.5 Å². The van der Waals surface area contributed by atoms with Crippen molar-refractivity contribution in [3.05, 3.63) is 18.1 Å². The molecule has 0 bridgehead atoms. The number of hydrogen-bond acceptors (Lipinski definition) is 5. The van der Waals surface area contributed by atoms with Gasteiger partial charge in [-0.15, -0.1) is 0 Å². The molecule has 0 saturated carbocycles. The highest BCUT2D eigenvalue weighted by Gasteiger charge is 2.22. The highest BCUT2D eigenvalue weighted by atomic mass is 16.5. The number of carbonyl (C=O) groups is 1. The highest BCUT2D eigenvalue weighted by Crippen LogP contribution is 2.23. The predicted octanol–water partition coefficient (Wildman–Crippen LogP) is 0.479. The third-order valence-electron chi connectivity index (χ3n) is 2.13. The van der Waals surface area contributed by atoms with Gasteiger partial charge in [0.25, 0.3) is 0 Å².